The molecule has 9 atom stereocenters. The Morgan fingerprint density at radius 3 is 2.60 bits per heavy atom. The summed E-state index contributed by atoms with van der Waals surface area (Å²) in [6.07, 6.45) is 18.7. The Morgan fingerprint density at radius 1 is 1.00 bits per heavy atom. The molecule has 0 aromatic heterocycles. The standard InChI is InChI=1S/C32H54O3/c1-22(2)7-6-8-23(3)28-11-12-29-27-10-9-24-19-25(34-18-17-33-20-26-21-35-26)13-15-31(24,4)30(27)14-16-32(28,29)5/h9,22-23,25-30H,6-8,10-21H2,1-5H3/t23-,25+,26?,27+,28-,29+,30+,31+,32-/m1/s1. The predicted molar refractivity (Wildman–Crippen MR) is 143 cm³/mol. The molecular weight excluding hydrogens is 432 g/mol. The summed E-state index contributed by atoms with van der Waals surface area (Å²) in [5, 5.41) is 0. The predicted octanol–water partition coefficient (Wildman–Crippen LogP) is 7.83. The molecule has 3 saturated carbocycles. The maximum absolute atomic E-state index is 6.28. The molecule has 0 N–H and O–H groups in total. The summed E-state index contributed by atoms with van der Waals surface area (Å²) in [4.78, 5) is 0. The van der Waals surface area contributed by atoms with Crippen LogP contribution in [0.3, 0.4) is 0 Å². The zero-order valence-electron chi connectivity index (χ0n) is 23.5. The molecule has 0 spiro atoms. The van der Waals surface area contributed by atoms with Gasteiger partial charge in [-0.3, -0.25) is 0 Å². The second-order valence-electron chi connectivity index (χ2n) is 14.1. The summed E-state index contributed by atoms with van der Waals surface area (Å²) in [5.41, 5.74) is 2.75. The average molecular weight is 487 g/mol. The summed E-state index contributed by atoms with van der Waals surface area (Å²) in [6, 6.07) is 0. The third kappa shape index (κ3) is 5.44. The normalized spacial score (nSPS) is 43.3. The Hall–Kier alpha value is -0.380. The lowest BCUT2D eigenvalue weighted by Crippen LogP contribution is -2.51. The molecule has 5 aliphatic rings. The number of epoxide rings is 1. The Kier molecular flexibility index (Phi) is 8.08. The second-order valence-corrected chi connectivity index (χ2v) is 14.1. The molecule has 200 valence electrons. The van der Waals surface area contributed by atoms with Crippen LogP contribution in [0.1, 0.15) is 105 Å². The topological polar surface area (TPSA) is 31.0 Å². The van der Waals surface area contributed by atoms with Crippen molar-refractivity contribution < 1.29 is 14.2 Å². The summed E-state index contributed by atoms with van der Waals surface area (Å²) in [6.45, 7) is 15.7. The first-order valence-electron chi connectivity index (χ1n) is 15.3. The highest BCUT2D eigenvalue weighted by Crippen LogP contribution is 2.67. The van der Waals surface area contributed by atoms with E-state index in [1.165, 1.54) is 64.2 Å². The zero-order valence-corrected chi connectivity index (χ0v) is 23.5. The first-order chi connectivity index (χ1) is 16.8. The molecule has 35 heavy (non-hydrogen) atoms. The number of allylic oxidation sites excluding steroid dienone is 1. The molecule has 1 heterocycles. The smallest absolute Gasteiger partial charge is 0.104 e. The van der Waals surface area contributed by atoms with E-state index in [1.54, 1.807) is 5.57 Å². The van der Waals surface area contributed by atoms with Crippen LogP contribution in [0.5, 0.6) is 0 Å². The van der Waals surface area contributed by atoms with E-state index < -0.39 is 0 Å². The van der Waals surface area contributed by atoms with Crippen LogP contribution in [-0.2, 0) is 14.2 Å². The maximum Gasteiger partial charge on any atom is 0.104 e. The minimum Gasteiger partial charge on any atom is -0.376 e. The van der Waals surface area contributed by atoms with E-state index in [0.717, 1.165) is 61.7 Å². The summed E-state index contributed by atoms with van der Waals surface area (Å²) in [7, 11) is 0. The Bertz CT molecular complexity index is 741. The molecule has 0 amide bonds. The highest BCUT2D eigenvalue weighted by atomic mass is 16.6. The van der Waals surface area contributed by atoms with Crippen LogP contribution in [0.4, 0.5) is 0 Å². The van der Waals surface area contributed by atoms with Crippen LogP contribution in [0, 0.1) is 46.3 Å². The van der Waals surface area contributed by atoms with Gasteiger partial charge >= 0.3 is 0 Å². The van der Waals surface area contributed by atoms with Crippen molar-refractivity contribution in [2.75, 3.05) is 26.4 Å². The van der Waals surface area contributed by atoms with Gasteiger partial charge in [-0.15, -0.1) is 0 Å². The fourth-order valence-corrected chi connectivity index (χ4v) is 9.45. The monoisotopic (exact) mass is 486 g/mol. The van der Waals surface area contributed by atoms with Gasteiger partial charge in [0.15, 0.2) is 0 Å². The van der Waals surface area contributed by atoms with Crippen molar-refractivity contribution in [1.29, 1.82) is 0 Å². The van der Waals surface area contributed by atoms with E-state index in [9.17, 15) is 0 Å². The van der Waals surface area contributed by atoms with Gasteiger partial charge in [-0.2, -0.15) is 0 Å². The number of fused-ring (bicyclic) bond motifs is 5. The number of hydrogen-bond donors (Lipinski definition) is 0. The van der Waals surface area contributed by atoms with Crippen molar-refractivity contribution in [2.45, 2.75) is 117 Å². The molecule has 3 heteroatoms. The van der Waals surface area contributed by atoms with Crippen LogP contribution in [-0.4, -0.2) is 38.6 Å². The van der Waals surface area contributed by atoms with Gasteiger partial charge in [-0.05, 0) is 97.7 Å². The largest absolute Gasteiger partial charge is 0.376 e. The van der Waals surface area contributed by atoms with Crippen molar-refractivity contribution in [3.63, 3.8) is 0 Å². The Labute approximate surface area is 216 Å². The quantitative estimate of drug-likeness (QED) is 0.169. The highest BCUT2D eigenvalue weighted by molar-refractivity contribution is 5.25. The van der Waals surface area contributed by atoms with Gasteiger partial charge in [0.2, 0.25) is 0 Å². The van der Waals surface area contributed by atoms with E-state index in [-0.39, 0.29) is 0 Å². The molecular formula is C32H54O3. The van der Waals surface area contributed by atoms with Crippen LogP contribution >= 0.6 is 0 Å². The number of hydrogen-bond acceptors (Lipinski definition) is 3. The first-order valence-corrected chi connectivity index (χ1v) is 15.3. The van der Waals surface area contributed by atoms with E-state index in [1.807, 2.05) is 0 Å². The lowest BCUT2D eigenvalue weighted by molar-refractivity contribution is -0.0680. The van der Waals surface area contributed by atoms with Crippen molar-refractivity contribution >= 4 is 0 Å². The molecule has 1 saturated heterocycles. The lowest BCUT2D eigenvalue weighted by atomic mass is 9.47. The minimum atomic E-state index is 0.353. The minimum absolute atomic E-state index is 0.353. The Morgan fingerprint density at radius 2 is 1.83 bits per heavy atom. The van der Waals surface area contributed by atoms with Crippen LogP contribution in [0.15, 0.2) is 11.6 Å². The van der Waals surface area contributed by atoms with Gasteiger partial charge in [0.1, 0.15) is 6.10 Å². The summed E-state index contributed by atoms with van der Waals surface area (Å²) >= 11 is 0. The molecule has 0 bridgehead atoms. The van der Waals surface area contributed by atoms with Crippen LogP contribution in [0.2, 0.25) is 0 Å². The van der Waals surface area contributed by atoms with E-state index in [4.69, 9.17) is 14.2 Å². The third-order valence-electron chi connectivity index (χ3n) is 11.5. The molecule has 0 radical (unpaired) electrons. The summed E-state index contributed by atoms with van der Waals surface area (Å²) in [5.74, 6) is 5.49. The molecule has 4 aliphatic carbocycles. The van der Waals surface area contributed by atoms with Gasteiger partial charge < -0.3 is 14.2 Å². The van der Waals surface area contributed by atoms with Gasteiger partial charge in [0, 0.05) is 0 Å². The molecule has 0 aromatic carbocycles. The zero-order chi connectivity index (χ0) is 24.6. The van der Waals surface area contributed by atoms with E-state index >= 15 is 0 Å². The van der Waals surface area contributed by atoms with Crippen LogP contribution < -0.4 is 0 Å². The van der Waals surface area contributed by atoms with Crippen molar-refractivity contribution in [3.05, 3.63) is 11.6 Å². The fourth-order valence-electron chi connectivity index (χ4n) is 9.45. The first kappa shape index (κ1) is 26.2. The highest BCUT2D eigenvalue weighted by Gasteiger charge is 2.59. The fraction of sp³-hybridized carbons (Fsp3) is 0.938. The van der Waals surface area contributed by atoms with Gasteiger partial charge in [-0.25, -0.2) is 0 Å². The third-order valence-corrected chi connectivity index (χ3v) is 11.5. The molecule has 0 aromatic rings. The van der Waals surface area contributed by atoms with E-state index in [2.05, 4.69) is 40.7 Å². The van der Waals surface area contributed by atoms with Crippen LogP contribution in [0.25, 0.3) is 0 Å². The molecule has 5 rings (SSSR count). The molecule has 3 nitrogen and oxygen atoms in total. The van der Waals surface area contributed by atoms with Crippen molar-refractivity contribution in [3.8, 4) is 0 Å². The van der Waals surface area contributed by atoms with E-state index in [0.29, 0.717) is 29.6 Å². The summed E-state index contributed by atoms with van der Waals surface area (Å²) < 4.78 is 17.2. The number of rotatable bonds is 11. The lowest BCUT2D eigenvalue weighted by Gasteiger charge is -2.58. The van der Waals surface area contributed by atoms with Crippen molar-refractivity contribution in [1.82, 2.24) is 0 Å². The molecule has 1 unspecified atom stereocenters. The van der Waals surface area contributed by atoms with Crippen molar-refractivity contribution in [2.24, 2.45) is 46.3 Å². The Balaban J connectivity index is 1.17. The van der Waals surface area contributed by atoms with Gasteiger partial charge in [0.25, 0.3) is 0 Å². The average Bonchev–Trinajstić information content (AvgIpc) is 3.57. The second kappa shape index (κ2) is 10.8. The molecule has 4 fully saturated rings. The maximum atomic E-state index is 6.28. The number of ether oxygens (including phenoxy) is 3. The molecule has 1 aliphatic heterocycles. The van der Waals surface area contributed by atoms with Gasteiger partial charge in [0.05, 0.1) is 32.5 Å². The SMILES string of the molecule is CC(C)CCC[C@@H](C)[C@H]1CC[C@H]2[C@@H]3CC=C4C[C@@H](OCCOCC5CO5)CC[C@]4(C)[C@H]3CC[C@]12C. The van der Waals surface area contributed by atoms with Gasteiger partial charge in [-0.1, -0.05) is 65.5 Å².